The molecule has 1 atom stereocenters. The summed E-state index contributed by atoms with van der Waals surface area (Å²) in [6, 6.07) is 4.92. The van der Waals surface area contributed by atoms with Gasteiger partial charge in [0.05, 0.1) is 16.1 Å². The van der Waals surface area contributed by atoms with Gasteiger partial charge < -0.3 is 5.73 Å². The zero-order chi connectivity index (χ0) is 20.9. The quantitative estimate of drug-likeness (QED) is 0.849. The van der Waals surface area contributed by atoms with Crippen LogP contribution in [0.25, 0.3) is 0 Å². The number of amides is 1. The molecule has 1 aromatic carbocycles. The highest BCUT2D eigenvalue weighted by Gasteiger charge is 2.53. The van der Waals surface area contributed by atoms with Crippen LogP contribution in [0.5, 0.6) is 0 Å². The standard InChI is InChI=1S/C20H25ClFN5O/c1-19(2)17(28)27(5)18(23)24-20(19,3)13-10-12(6-8-15(13)22)7-9-16-14(21)11-26(4)25-16/h6,8,10-11H,7,9H2,1-5H3,(H2,23,24)/t20-/m1/s1. The number of nitrogens with zero attached hydrogens (tertiary/aromatic N) is 4. The van der Waals surface area contributed by atoms with Crippen LogP contribution in [0.4, 0.5) is 4.39 Å². The number of hydrogen-bond donors (Lipinski definition) is 1. The highest BCUT2D eigenvalue weighted by atomic mass is 35.5. The summed E-state index contributed by atoms with van der Waals surface area (Å²) in [6.07, 6.45) is 3.00. The van der Waals surface area contributed by atoms with Crippen molar-refractivity contribution in [2.24, 2.45) is 23.2 Å². The first kappa shape index (κ1) is 20.3. The van der Waals surface area contributed by atoms with Gasteiger partial charge in [0, 0.05) is 25.9 Å². The smallest absolute Gasteiger partial charge is 0.237 e. The van der Waals surface area contributed by atoms with Gasteiger partial charge in [0.2, 0.25) is 5.91 Å². The first-order valence-electron chi connectivity index (χ1n) is 9.08. The Morgan fingerprint density at radius 1 is 1.21 bits per heavy atom. The number of aromatic nitrogens is 2. The van der Waals surface area contributed by atoms with E-state index < -0.39 is 16.8 Å². The monoisotopic (exact) mass is 405 g/mol. The van der Waals surface area contributed by atoms with Gasteiger partial charge in [-0.05, 0) is 45.2 Å². The van der Waals surface area contributed by atoms with E-state index >= 15 is 0 Å². The third-order valence-electron chi connectivity index (χ3n) is 5.80. The van der Waals surface area contributed by atoms with Gasteiger partial charge in [0.25, 0.3) is 0 Å². The molecule has 0 unspecified atom stereocenters. The fourth-order valence-electron chi connectivity index (χ4n) is 3.61. The lowest BCUT2D eigenvalue weighted by Gasteiger charge is -2.46. The van der Waals surface area contributed by atoms with Gasteiger partial charge in [-0.2, -0.15) is 5.10 Å². The van der Waals surface area contributed by atoms with Gasteiger partial charge in [0.1, 0.15) is 11.4 Å². The fourth-order valence-corrected chi connectivity index (χ4v) is 3.88. The Labute approximate surface area is 169 Å². The lowest BCUT2D eigenvalue weighted by Crippen LogP contribution is -2.58. The van der Waals surface area contributed by atoms with Gasteiger partial charge >= 0.3 is 0 Å². The molecule has 1 amide bonds. The predicted molar refractivity (Wildman–Crippen MR) is 108 cm³/mol. The van der Waals surface area contributed by atoms with Crippen LogP contribution in [0, 0.1) is 11.2 Å². The van der Waals surface area contributed by atoms with Gasteiger partial charge in [-0.3, -0.25) is 14.4 Å². The Hall–Kier alpha value is -2.41. The maximum atomic E-state index is 14.9. The minimum Gasteiger partial charge on any atom is -0.369 e. The first-order chi connectivity index (χ1) is 13.0. The number of nitrogens with two attached hydrogens (primary N) is 1. The van der Waals surface area contributed by atoms with Crippen molar-refractivity contribution in [1.29, 1.82) is 0 Å². The molecule has 1 aromatic heterocycles. The Morgan fingerprint density at radius 2 is 1.89 bits per heavy atom. The van der Waals surface area contributed by atoms with E-state index in [0.29, 0.717) is 23.4 Å². The van der Waals surface area contributed by atoms with Crippen LogP contribution < -0.4 is 5.73 Å². The Bertz CT molecular complexity index is 968. The molecule has 0 saturated heterocycles. The van der Waals surface area contributed by atoms with E-state index in [2.05, 4.69) is 10.1 Å². The fraction of sp³-hybridized carbons (Fsp3) is 0.450. The molecule has 2 heterocycles. The maximum Gasteiger partial charge on any atom is 0.237 e. The van der Waals surface area contributed by atoms with Gasteiger partial charge in [-0.25, -0.2) is 9.38 Å². The van der Waals surface area contributed by atoms with Crippen LogP contribution in [0.3, 0.4) is 0 Å². The predicted octanol–water partition coefficient (Wildman–Crippen LogP) is 3.03. The number of guanidine groups is 1. The summed E-state index contributed by atoms with van der Waals surface area (Å²) in [6.45, 7) is 5.28. The molecule has 0 fully saturated rings. The van der Waals surface area contributed by atoms with Gasteiger partial charge in [-0.1, -0.05) is 23.7 Å². The topological polar surface area (TPSA) is 76.5 Å². The molecule has 2 aromatic rings. The lowest BCUT2D eigenvalue weighted by molar-refractivity contribution is -0.140. The van der Waals surface area contributed by atoms with Gasteiger partial charge in [-0.15, -0.1) is 0 Å². The zero-order valence-electron chi connectivity index (χ0n) is 16.8. The maximum absolute atomic E-state index is 14.9. The molecule has 0 radical (unpaired) electrons. The summed E-state index contributed by atoms with van der Waals surface area (Å²) in [7, 11) is 3.39. The lowest BCUT2D eigenvalue weighted by atomic mass is 9.67. The molecule has 0 aliphatic carbocycles. The normalized spacial score (nSPS) is 21.8. The Kier molecular flexibility index (Phi) is 5.00. The molecule has 2 N–H and O–H groups in total. The molecule has 6 nitrogen and oxygen atoms in total. The molecule has 0 saturated carbocycles. The summed E-state index contributed by atoms with van der Waals surface area (Å²) in [4.78, 5) is 18.7. The van der Waals surface area contributed by atoms with Crippen LogP contribution in [0.15, 0.2) is 29.4 Å². The number of hydrogen-bond acceptors (Lipinski definition) is 4. The number of carbonyl (C=O) groups is 1. The van der Waals surface area contributed by atoms with E-state index in [1.54, 1.807) is 50.8 Å². The second-order valence-corrected chi connectivity index (χ2v) is 8.35. The van der Waals surface area contributed by atoms with E-state index in [4.69, 9.17) is 17.3 Å². The molecule has 0 bridgehead atoms. The molecule has 1 aliphatic rings. The summed E-state index contributed by atoms with van der Waals surface area (Å²) in [5.41, 5.74) is 5.92. The van der Waals surface area contributed by atoms with E-state index in [9.17, 15) is 9.18 Å². The highest BCUT2D eigenvalue weighted by molar-refractivity contribution is 6.31. The summed E-state index contributed by atoms with van der Waals surface area (Å²) >= 11 is 6.18. The number of rotatable bonds is 4. The van der Waals surface area contributed by atoms with E-state index in [-0.39, 0.29) is 11.9 Å². The third-order valence-corrected chi connectivity index (χ3v) is 6.11. The number of halogens is 2. The number of carbonyl (C=O) groups excluding carboxylic acids is 1. The summed E-state index contributed by atoms with van der Waals surface area (Å²) < 4.78 is 16.5. The number of aliphatic imine (C=N–C) groups is 1. The Morgan fingerprint density at radius 3 is 2.50 bits per heavy atom. The van der Waals surface area contributed by atoms with Crippen LogP contribution in [0.1, 0.15) is 37.6 Å². The largest absolute Gasteiger partial charge is 0.369 e. The van der Waals surface area contributed by atoms with Crippen LogP contribution >= 0.6 is 11.6 Å². The van der Waals surface area contributed by atoms with E-state index in [1.807, 2.05) is 7.05 Å². The van der Waals surface area contributed by atoms with Crippen molar-refractivity contribution in [2.75, 3.05) is 7.05 Å². The second kappa shape index (κ2) is 6.88. The molecular weight excluding hydrogens is 381 g/mol. The van der Waals surface area contributed by atoms with Crippen molar-refractivity contribution < 1.29 is 9.18 Å². The Balaban J connectivity index is 1.99. The van der Waals surface area contributed by atoms with Gasteiger partial charge in [0.15, 0.2) is 5.96 Å². The average Bonchev–Trinajstić information content (AvgIpc) is 2.95. The molecule has 0 spiro atoms. The molecule has 8 heteroatoms. The van der Waals surface area contributed by atoms with Crippen molar-refractivity contribution in [3.05, 3.63) is 52.1 Å². The number of aryl methyl sites for hydroxylation is 3. The summed E-state index contributed by atoms with van der Waals surface area (Å²) in [5, 5.41) is 4.95. The van der Waals surface area contributed by atoms with Crippen molar-refractivity contribution in [3.63, 3.8) is 0 Å². The van der Waals surface area contributed by atoms with Crippen molar-refractivity contribution in [1.82, 2.24) is 14.7 Å². The molecule has 28 heavy (non-hydrogen) atoms. The highest BCUT2D eigenvalue weighted by Crippen LogP contribution is 2.47. The van der Waals surface area contributed by atoms with Crippen LogP contribution in [0.2, 0.25) is 5.02 Å². The van der Waals surface area contributed by atoms with Crippen molar-refractivity contribution in [3.8, 4) is 0 Å². The number of benzene rings is 1. The molecule has 3 rings (SSSR count). The first-order valence-corrected chi connectivity index (χ1v) is 9.45. The minimum absolute atomic E-state index is 0.0805. The average molecular weight is 406 g/mol. The molecular formula is C20H25ClFN5O. The van der Waals surface area contributed by atoms with E-state index in [1.165, 1.54) is 11.0 Å². The third kappa shape index (κ3) is 3.17. The second-order valence-electron chi connectivity index (χ2n) is 7.94. The molecule has 1 aliphatic heterocycles. The zero-order valence-corrected chi connectivity index (χ0v) is 17.5. The summed E-state index contributed by atoms with van der Waals surface area (Å²) in [5.74, 6) is -0.534. The van der Waals surface area contributed by atoms with Crippen LogP contribution in [-0.4, -0.2) is 33.6 Å². The van der Waals surface area contributed by atoms with Crippen molar-refractivity contribution in [2.45, 2.75) is 39.2 Å². The minimum atomic E-state index is -1.12. The van der Waals surface area contributed by atoms with E-state index in [0.717, 1.165) is 11.3 Å². The SMILES string of the molecule is CN1C(=O)C(C)(C)[C@@](C)(c2cc(CCc3nn(C)cc3Cl)ccc2F)N=C1N. The molecule has 150 valence electrons. The van der Waals surface area contributed by atoms with Crippen LogP contribution in [-0.2, 0) is 30.2 Å². The van der Waals surface area contributed by atoms with Crippen molar-refractivity contribution >= 4 is 23.5 Å².